The number of rotatable bonds is 3. The van der Waals surface area contributed by atoms with Crippen molar-refractivity contribution in [1.29, 1.82) is 5.26 Å². The number of nitrogens with one attached hydrogen (secondary N) is 2. The van der Waals surface area contributed by atoms with E-state index in [0.717, 1.165) is 24.3 Å². The van der Waals surface area contributed by atoms with E-state index >= 15 is 0 Å². The number of hydrogen-bond donors (Lipinski definition) is 2. The molecule has 1 aliphatic rings. The van der Waals surface area contributed by atoms with Gasteiger partial charge in [-0.25, -0.2) is 0 Å². The molecule has 2 N–H and O–H groups in total. The van der Waals surface area contributed by atoms with Crippen LogP contribution in [-0.2, 0) is 10.2 Å². The smallest absolute Gasteiger partial charge is 0.266 e. The monoisotopic (exact) mass is 312 g/mol. The van der Waals surface area contributed by atoms with E-state index in [9.17, 15) is 10.1 Å². The van der Waals surface area contributed by atoms with Crippen molar-refractivity contribution in [3.8, 4) is 6.07 Å². The van der Waals surface area contributed by atoms with Gasteiger partial charge in [0.15, 0.2) is 0 Å². The number of nitriles is 1. The van der Waals surface area contributed by atoms with Gasteiger partial charge in [-0.1, -0.05) is 39.0 Å². The Hall–Kier alpha value is -2.32. The minimum atomic E-state index is -0.213. The number of anilines is 1. The lowest BCUT2D eigenvalue weighted by molar-refractivity contribution is -0.127. The lowest BCUT2D eigenvalue weighted by atomic mass is 9.86. The van der Waals surface area contributed by atoms with Crippen molar-refractivity contribution >= 4 is 11.6 Å². The van der Waals surface area contributed by atoms with Gasteiger partial charge in [-0.2, -0.15) is 5.26 Å². The minimum absolute atomic E-state index is 0.0210. The second-order valence-corrected chi connectivity index (χ2v) is 6.65. The van der Waals surface area contributed by atoms with Gasteiger partial charge in [0.1, 0.15) is 11.6 Å². The van der Waals surface area contributed by atoms with E-state index in [1.807, 2.05) is 24.3 Å². The van der Waals surface area contributed by atoms with Gasteiger partial charge < -0.3 is 15.5 Å². The van der Waals surface area contributed by atoms with Crippen molar-refractivity contribution in [3.63, 3.8) is 0 Å². The van der Waals surface area contributed by atoms with Crippen LogP contribution in [0.5, 0.6) is 0 Å². The van der Waals surface area contributed by atoms with Gasteiger partial charge in [-0.3, -0.25) is 4.79 Å². The molecular formula is C18H24N4O. The van der Waals surface area contributed by atoms with Gasteiger partial charge in [0.25, 0.3) is 5.91 Å². The first-order valence-corrected chi connectivity index (χ1v) is 7.90. The zero-order chi connectivity index (χ0) is 16.9. The van der Waals surface area contributed by atoms with Crippen molar-refractivity contribution in [1.82, 2.24) is 10.2 Å². The maximum absolute atomic E-state index is 12.4. The van der Waals surface area contributed by atoms with Gasteiger partial charge >= 0.3 is 0 Å². The molecule has 0 aliphatic carbocycles. The summed E-state index contributed by atoms with van der Waals surface area (Å²) in [6.07, 6.45) is 1.52. The molecule has 0 unspecified atom stereocenters. The Labute approximate surface area is 138 Å². The first kappa shape index (κ1) is 17.0. The number of para-hydroxylation sites is 1. The lowest BCUT2D eigenvalue weighted by Crippen LogP contribution is -2.46. The average molecular weight is 312 g/mol. The number of carbonyl (C=O) groups excluding carboxylic acids is 1. The Balaban J connectivity index is 2.17. The molecule has 0 saturated carbocycles. The quantitative estimate of drug-likeness (QED) is 0.663. The van der Waals surface area contributed by atoms with Crippen LogP contribution in [-0.4, -0.2) is 37.0 Å². The Morgan fingerprint density at radius 1 is 1.30 bits per heavy atom. The van der Waals surface area contributed by atoms with Crippen molar-refractivity contribution in [3.05, 3.63) is 41.6 Å². The molecule has 2 rings (SSSR count). The van der Waals surface area contributed by atoms with E-state index in [2.05, 4.69) is 37.5 Å². The highest BCUT2D eigenvalue weighted by Crippen LogP contribution is 2.29. The van der Waals surface area contributed by atoms with Crippen molar-refractivity contribution in [2.75, 3.05) is 31.5 Å². The number of hydrogen-bond acceptors (Lipinski definition) is 4. The second-order valence-electron chi connectivity index (χ2n) is 6.65. The third kappa shape index (κ3) is 4.33. The van der Waals surface area contributed by atoms with E-state index in [-0.39, 0.29) is 16.9 Å². The molecule has 1 amide bonds. The van der Waals surface area contributed by atoms with Crippen LogP contribution in [0.4, 0.5) is 5.69 Å². The van der Waals surface area contributed by atoms with Crippen LogP contribution in [0.1, 0.15) is 26.3 Å². The van der Waals surface area contributed by atoms with Crippen molar-refractivity contribution in [2.45, 2.75) is 26.2 Å². The predicted molar refractivity (Wildman–Crippen MR) is 91.9 cm³/mol. The summed E-state index contributed by atoms with van der Waals surface area (Å²) < 4.78 is 0. The van der Waals surface area contributed by atoms with Crippen LogP contribution in [0.25, 0.3) is 0 Å². The molecule has 0 spiro atoms. The first-order valence-electron chi connectivity index (χ1n) is 7.90. The number of benzene rings is 1. The molecule has 1 aromatic rings. The Bertz CT molecular complexity index is 631. The summed E-state index contributed by atoms with van der Waals surface area (Å²) in [6, 6.07) is 9.96. The molecule has 122 valence electrons. The highest BCUT2D eigenvalue weighted by molar-refractivity contribution is 5.97. The topological polar surface area (TPSA) is 68.2 Å². The van der Waals surface area contributed by atoms with Gasteiger partial charge in [0.2, 0.25) is 0 Å². The van der Waals surface area contributed by atoms with Crippen LogP contribution in [0.15, 0.2) is 36.0 Å². The van der Waals surface area contributed by atoms with E-state index in [4.69, 9.17) is 0 Å². The van der Waals surface area contributed by atoms with E-state index in [0.29, 0.717) is 13.1 Å². The summed E-state index contributed by atoms with van der Waals surface area (Å²) in [7, 11) is 0. The molecule has 5 heteroatoms. The fraction of sp³-hybridized carbons (Fsp3) is 0.444. The molecule has 0 aromatic heterocycles. The van der Waals surface area contributed by atoms with E-state index < -0.39 is 0 Å². The zero-order valence-electron chi connectivity index (χ0n) is 14.0. The zero-order valence-corrected chi connectivity index (χ0v) is 14.0. The first-order chi connectivity index (χ1) is 10.9. The number of nitrogens with zero attached hydrogens (tertiary/aromatic N) is 2. The minimum Gasteiger partial charge on any atom is -0.360 e. The number of amides is 1. The number of piperazine rings is 1. The number of carbonyl (C=O) groups is 1. The molecule has 0 radical (unpaired) electrons. The van der Waals surface area contributed by atoms with Crippen molar-refractivity contribution in [2.24, 2.45) is 0 Å². The third-order valence-corrected chi connectivity index (χ3v) is 3.86. The standard InChI is InChI=1S/C18H24N4O/c1-18(2,3)15-6-4-5-7-16(15)21-13-14(12-19)17(23)22-10-8-20-9-11-22/h4-7,13,20-21H,8-11H2,1-3H3/b14-13-. The molecule has 23 heavy (non-hydrogen) atoms. The van der Waals surface area contributed by atoms with Crippen LogP contribution in [0, 0.1) is 11.3 Å². The summed E-state index contributed by atoms with van der Waals surface area (Å²) in [4.78, 5) is 14.1. The average Bonchev–Trinajstić information content (AvgIpc) is 2.55. The highest BCUT2D eigenvalue weighted by atomic mass is 16.2. The Morgan fingerprint density at radius 3 is 2.57 bits per heavy atom. The largest absolute Gasteiger partial charge is 0.360 e. The van der Waals surface area contributed by atoms with E-state index in [1.165, 1.54) is 6.20 Å². The summed E-state index contributed by atoms with van der Waals surface area (Å²) in [5.74, 6) is -0.213. The molecular weight excluding hydrogens is 288 g/mol. The molecule has 1 aromatic carbocycles. The molecule has 0 bridgehead atoms. The van der Waals surface area contributed by atoms with Crippen molar-refractivity contribution < 1.29 is 4.79 Å². The Kier molecular flexibility index (Phi) is 5.41. The van der Waals surface area contributed by atoms with Crippen LogP contribution in [0.3, 0.4) is 0 Å². The maximum atomic E-state index is 12.4. The van der Waals surface area contributed by atoms with Crippen LogP contribution in [0.2, 0.25) is 0 Å². The maximum Gasteiger partial charge on any atom is 0.266 e. The summed E-state index contributed by atoms with van der Waals surface area (Å²) >= 11 is 0. The fourth-order valence-electron chi connectivity index (χ4n) is 2.59. The Morgan fingerprint density at radius 2 is 1.96 bits per heavy atom. The molecule has 5 nitrogen and oxygen atoms in total. The summed E-state index contributed by atoms with van der Waals surface area (Å²) in [6.45, 7) is 9.21. The van der Waals surface area contributed by atoms with Crippen LogP contribution < -0.4 is 10.6 Å². The van der Waals surface area contributed by atoms with Gasteiger partial charge in [0.05, 0.1) is 0 Å². The SMILES string of the molecule is CC(C)(C)c1ccccc1N/C=C(/C#N)C(=O)N1CCNCC1. The lowest BCUT2D eigenvalue weighted by Gasteiger charge is -2.27. The van der Waals surface area contributed by atoms with E-state index in [1.54, 1.807) is 4.90 Å². The molecule has 1 aliphatic heterocycles. The molecule has 1 fully saturated rings. The molecule has 1 saturated heterocycles. The van der Waals surface area contributed by atoms with Crippen LogP contribution >= 0.6 is 0 Å². The van der Waals surface area contributed by atoms with Gasteiger partial charge in [-0.15, -0.1) is 0 Å². The predicted octanol–water partition coefficient (Wildman–Crippen LogP) is 2.24. The molecule has 0 atom stereocenters. The molecule has 1 heterocycles. The van der Waals surface area contributed by atoms with Gasteiger partial charge in [0, 0.05) is 38.1 Å². The van der Waals surface area contributed by atoms with Gasteiger partial charge in [-0.05, 0) is 17.0 Å². The second kappa shape index (κ2) is 7.30. The third-order valence-electron chi connectivity index (χ3n) is 3.86. The fourth-order valence-corrected chi connectivity index (χ4v) is 2.59. The summed E-state index contributed by atoms with van der Waals surface area (Å²) in [5.41, 5.74) is 2.17. The highest BCUT2D eigenvalue weighted by Gasteiger charge is 2.21. The normalized spacial score (nSPS) is 15.9. The summed E-state index contributed by atoms with van der Waals surface area (Å²) in [5, 5.41) is 15.7.